The van der Waals surface area contributed by atoms with Crippen LogP contribution in [0.25, 0.3) is 0 Å². The Morgan fingerprint density at radius 2 is 2.20 bits per heavy atom. The van der Waals surface area contributed by atoms with Gasteiger partial charge in [-0.05, 0) is 36.9 Å². The van der Waals surface area contributed by atoms with Gasteiger partial charge in [0.15, 0.2) is 0 Å². The topological polar surface area (TPSA) is 49.8 Å². The molecule has 1 aromatic carbocycles. The van der Waals surface area contributed by atoms with Gasteiger partial charge in [0.25, 0.3) is 0 Å². The van der Waals surface area contributed by atoms with E-state index in [1.165, 1.54) is 35.5 Å². The molecule has 20 heavy (non-hydrogen) atoms. The van der Waals surface area contributed by atoms with E-state index in [0.29, 0.717) is 12.0 Å². The Hall–Kier alpha value is -1.46. The third-order valence-corrected chi connectivity index (χ3v) is 4.74. The van der Waals surface area contributed by atoms with Crippen molar-refractivity contribution >= 4 is 16.7 Å². The van der Waals surface area contributed by atoms with E-state index in [0.717, 1.165) is 30.5 Å². The van der Waals surface area contributed by atoms with Crippen LogP contribution in [0.15, 0.2) is 24.3 Å². The van der Waals surface area contributed by atoms with Crippen LogP contribution in [0.2, 0.25) is 0 Å². The first-order chi connectivity index (χ1) is 9.90. The molecule has 0 saturated heterocycles. The standard InChI is InChI=1S/C15H18N4S/c1-2-4-12-10(3-1)7-8-16-13(12)9-17-15-18-14(19-20-15)11-5-6-11/h1-4,11,13,16H,5-9H2,(H,17,18,19). The minimum Gasteiger partial charge on any atom is -0.358 e. The highest BCUT2D eigenvalue weighted by atomic mass is 32.1. The minimum absolute atomic E-state index is 0.369. The van der Waals surface area contributed by atoms with Crippen molar-refractivity contribution < 1.29 is 0 Å². The molecule has 2 N–H and O–H groups in total. The second-order valence-electron chi connectivity index (χ2n) is 5.57. The quantitative estimate of drug-likeness (QED) is 0.907. The Bertz CT molecular complexity index is 605. The number of fused-ring (bicyclic) bond motifs is 1. The van der Waals surface area contributed by atoms with Crippen molar-refractivity contribution in [1.82, 2.24) is 14.7 Å². The molecule has 4 rings (SSSR count). The fourth-order valence-corrected chi connectivity index (χ4v) is 3.43. The highest BCUT2D eigenvalue weighted by Crippen LogP contribution is 2.39. The first kappa shape index (κ1) is 12.3. The molecule has 2 aromatic rings. The number of anilines is 1. The zero-order valence-corrected chi connectivity index (χ0v) is 12.1. The van der Waals surface area contributed by atoms with Crippen molar-refractivity contribution in [3.8, 4) is 0 Å². The van der Waals surface area contributed by atoms with Gasteiger partial charge in [-0.1, -0.05) is 24.3 Å². The first-order valence-corrected chi connectivity index (χ1v) is 8.06. The monoisotopic (exact) mass is 286 g/mol. The van der Waals surface area contributed by atoms with Crippen LogP contribution < -0.4 is 10.6 Å². The lowest BCUT2D eigenvalue weighted by Gasteiger charge is -2.26. The maximum absolute atomic E-state index is 4.58. The molecule has 4 nitrogen and oxygen atoms in total. The lowest BCUT2D eigenvalue weighted by Crippen LogP contribution is -2.34. The maximum atomic E-state index is 4.58. The molecule has 2 heterocycles. The minimum atomic E-state index is 0.369. The zero-order chi connectivity index (χ0) is 13.4. The Morgan fingerprint density at radius 1 is 1.30 bits per heavy atom. The van der Waals surface area contributed by atoms with Gasteiger partial charge in [-0.15, -0.1) is 0 Å². The lowest BCUT2D eigenvalue weighted by atomic mass is 9.94. The molecular weight excluding hydrogens is 268 g/mol. The van der Waals surface area contributed by atoms with E-state index in [4.69, 9.17) is 0 Å². The number of nitrogens with one attached hydrogen (secondary N) is 2. The van der Waals surface area contributed by atoms with Crippen LogP contribution in [-0.4, -0.2) is 22.4 Å². The maximum Gasteiger partial charge on any atom is 0.202 e. The highest BCUT2D eigenvalue weighted by Gasteiger charge is 2.28. The lowest BCUT2D eigenvalue weighted by molar-refractivity contribution is 0.523. The number of benzene rings is 1. The molecule has 1 unspecified atom stereocenters. The predicted octanol–water partition coefficient (Wildman–Crippen LogP) is 2.71. The molecule has 1 saturated carbocycles. The van der Waals surface area contributed by atoms with Crippen LogP contribution in [0, 0.1) is 0 Å². The summed E-state index contributed by atoms with van der Waals surface area (Å²) in [5, 5.41) is 7.98. The van der Waals surface area contributed by atoms with Crippen LogP contribution in [0.5, 0.6) is 0 Å². The van der Waals surface area contributed by atoms with Crippen LogP contribution in [0.3, 0.4) is 0 Å². The van der Waals surface area contributed by atoms with Gasteiger partial charge >= 0.3 is 0 Å². The van der Waals surface area contributed by atoms with Crippen molar-refractivity contribution in [3.63, 3.8) is 0 Å². The van der Waals surface area contributed by atoms with Crippen LogP contribution in [0.1, 0.15) is 41.8 Å². The van der Waals surface area contributed by atoms with Crippen molar-refractivity contribution in [2.24, 2.45) is 0 Å². The summed E-state index contributed by atoms with van der Waals surface area (Å²) in [7, 11) is 0. The summed E-state index contributed by atoms with van der Waals surface area (Å²) in [5.74, 6) is 1.67. The molecule has 1 fully saturated rings. The Morgan fingerprint density at radius 3 is 3.10 bits per heavy atom. The average Bonchev–Trinajstić information content (AvgIpc) is 3.24. The number of aromatic nitrogens is 2. The molecule has 104 valence electrons. The number of hydrogen-bond acceptors (Lipinski definition) is 5. The molecular formula is C15H18N4S. The van der Waals surface area contributed by atoms with E-state index in [2.05, 4.69) is 44.3 Å². The second kappa shape index (κ2) is 5.14. The molecule has 0 radical (unpaired) electrons. The van der Waals surface area contributed by atoms with Gasteiger partial charge in [-0.25, -0.2) is 4.98 Å². The first-order valence-electron chi connectivity index (χ1n) is 7.29. The Labute approximate surface area is 122 Å². The van der Waals surface area contributed by atoms with Crippen LogP contribution >= 0.6 is 11.5 Å². The summed E-state index contributed by atoms with van der Waals surface area (Å²) >= 11 is 1.49. The molecule has 2 aliphatic rings. The van der Waals surface area contributed by atoms with Crippen molar-refractivity contribution in [1.29, 1.82) is 0 Å². The van der Waals surface area contributed by atoms with Crippen molar-refractivity contribution in [2.45, 2.75) is 31.2 Å². The zero-order valence-electron chi connectivity index (χ0n) is 11.3. The smallest absolute Gasteiger partial charge is 0.202 e. The van der Waals surface area contributed by atoms with E-state index in [9.17, 15) is 0 Å². The molecule has 1 atom stereocenters. The second-order valence-corrected chi connectivity index (χ2v) is 6.32. The van der Waals surface area contributed by atoms with E-state index < -0.39 is 0 Å². The van der Waals surface area contributed by atoms with E-state index in [1.807, 2.05) is 0 Å². The number of nitrogens with zero attached hydrogens (tertiary/aromatic N) is 2. The SMILES string of the molecule is c1ccc2c(c1)CCNC2CNc1nc(C2CC2)ns1. The van der Waals surface area contributed by atoms with Crippen molar-refractivity contribution in [2.75, 3.05) is 18.4 Å². The largest absolute Gasteiger partial charge is 0.358 e. The Kier molecular flexibility index (Phi) is 3.16. The molecule has 5 heteroatoms. The molecule has 0 bridgehead atoms. The molecule has 1 aliphatic carbocycles. The summed E-state index contributed by atoms with van der Waals surface area (Å²) in [5.41, 5.74) is 2.88. The summed E-state index contributed by atoms with van der Waals surface area (Å²) in [6.45, 7) is 1.92. The van der Waals surface area contributed by atoms with Gasteiger partial charge in [0.2, 0.25) is 5.13 Å². The van der Waals surface area contributed by atoms with Crippen molar-refractivity contribution in [3.05, 3.63) is 41.2 Å². The van der Waals surface area contributed by atoms with Gasteiger partial charge in [-0.3, -0.25) is 0 Å². The van der Waals surface area contributed by atoms with E-state index in [1.54, 1.807) is 0 Å². The molecule has 0 spiro atoms. The predicted molar refractivity (Wildman–Crippen MR) is 81.3 cm³/mol. The van der Waals surface area contributed by atoms with Gasteiger partial charge in [0.05, 0.1) is 0 Å². The summed E-state index contributed by atoms with van der Waals surface area (Å²) in [6, 6.07) is 9.08. The fourth-order valence-electron chi connectivity index (χ4n) is 2.78. The highest BCUT2D eigenvalue weighted by molar-refractivity contribution is 7.09. The van der Waals surface area contributed by atoms with Crippen LogP contribution in [0.4, 0.5) is 5.13 Å². The van der Waals surface area contributed by atoms with Gasteiger partial charge in [-0.2, -0.15) is 4.37 Å². The fraction of sp³-hybridized carbons (Fsp3) is 0.467. The third kappa shape index (κ3) is 2.43. The summed E-state index contributed by atoms with van der Waals surface area (Å²) < 4.78 is 4.43. The number of hydrogen-bond donors (Lipinski definition) is 2. The van der Waals surface area contributed by atoms with Gasteiger partial charge in [0, 0.05) is 30.0 Å². The number of rotatable bonds is 4. The van der Waals surface area contributed by atoms with Gasteiger partial charge < -0.3 is 10.6 Å². The third-order valence-electron chi connectivity index (χ3n) is 4.06. The normalized spacial score (nSPS) is 21.5. The van der Waals surface area contributed by atoms with Crippen LogP contribution in [-0.2, 0) is 6.42 Å². The summed E-state index contributed by atoms with van der Waals surface area (Å²) in [6.07, 6.45) is 3.64. The molecule has 1 aromatic heterocycles. The molecule has 0 amide bonds. The molecule has 1 aliphatic heterocycles. The Balaban J connectivity index is 1.44. The van der Waals surface area contributed by atoms with Gasteiger partial charge in [0.1, 0.15) is 5.82 Å². The summed E-state index contributed by atoms with van der Waals surface area (Å²) in [4.78, 5) is 4.58. The average molecular weight is 286 g/mol. The van der Waals surface area contributed by atoms with E-state index >= 15 is 0 Å². The van der Waals surface area contributed by atoms with E-state index in [-0.39, 0.29) is 0 Å².